The van der Waals surface area contributed by atoms with E-state index in [4.69, 9.17) is 0 Å². The molecule has 8 heteroatoms. The standard InChI is InChI=1S/C44H46F2N4O2/c1-29-13-5-7-19-36(29)38-27-49(40-22-10-8-20-37(38)40)42(32-15-11-17-34(45)24-32)43(52,28-48-4)44(41(51)26-47-3,33-16-12-18-35(46)25-33)50-30(2)23-31-14-6-9-21-39(31)50/h5-22,24-25,27,30,41-42,47-48,51-52H,23,26,28H2,1-4H3/t30?,41-,42+,43-,44-/m1/s1. The van der Waals surface area contributed by atoms with Gasteiger partial charge in [-0.25, -0.2) is 8.78 Å². The fourth-order valence-corrected chi connectivity index (χ4v) is 8.97. The third-order valence-electron chi connectivity index (χ3n) is 10.9. The third kappa shape index (κ3) is 5.71. The number of halogens is 2. The second kappa shape index (κ2) is 14.3. The zero-order chi connectivity index (χ0) is 36.6. The van der Waals surface area contributed by atoms with E-state index in [2.05, 4.69) is 53.6 Å². The number of rotatable bonds is 12. The number of fused-ring (bicyclic) bond motifs is 2. The fraction of sp³-hybridized carbons (Fsp3) is 0.273. The number of aromatic nitrogens is 1. The Hall–Kier alpha value is -4.86. The molecule has 0 saturated carbocycles. The molecule has 0 amide bonds. The van der Waals surface area contributed by atoms with Gasteiger partial charge in [0, 0.05) is 47.5 Å². The van der Waals surface area contributed by atoms with Crippen molar-refractivity contribution in [3.8, 4) is 11.1 Å². The highest BCUT2D eigenvalue weighted by atomic mass is 19.1. The number of aryl methyl sites for hydroxylation is 1. The predicted molar refractivity (Wildman–Crippen MR) is 206 cm³/mol. The lowest BCUT2D eigenvalue weighted by Crippen LogP contribution is -2.75. The van der Waals surface area contributed by atoms with Gasteiger partial charge in [0.2, 0.25) is 0 Å². The van der Waals surface area contributed by atoms with Gasteiger partial charge in [-0.15, -0.1) is 0 Å². The van der Waals surface area contributed by atoms with Crippen LogP contribution in [0.4, 0.5) is 14.5 Å². The molecule has 0 aliphatic carbocycles. The van der Waals surface area contributed by atoms with E-state index in [0.717, 1.165) is 38.8 Å². The first kappa shape index (κ1) is 35.5. The van der Waals surface area contributed by atoms with Crippen LogP contribution in [0.3, 0.4) is 0 Å². The normalized spacial score (nSPS) is 17.8. The number of hydrogen-bond donors (Lipinski definition) is 4. The van der Waals surface area contributed by atoms with E-state index in [-0.39, 0.29) is 19.1 Å². The molecule has 1 unspecified atom stereocenters. The van der Waals surface area contributed by atoms with Crippen LogP contribution in [-0.4, -0.2) is 59.7 Å². The van der Waals surface area contributed by atoms with Gasteiger partial charge in [0.05, 0.1) is 12.1 Å². The molecule has 0 spiro atoms. The van der Waals surface area contributed by atoms with Crippen LogP contribution in [0.5, 0.6) is 0 Å². The number of aliphatic hydroxyl groups is 2. The van der Waals surface area contributed by atoms with Crippen LogP contribution >= 0.6 is 0 Å². The van der Waals surface area contributed by atoms with Crippen molar-refractivity contribution in [2.24, 2.45) is 0 Å². The minimum atomic E-state index is -2.00. The molecule has 0 saturated heterocycles. The largest absolute Gasteiger partial charge is 0.389 e. The zero-order valence-electron chi connectivity index (χ0n) is 30.0. The Labute approximate surface area is 304 Å². The van der Waals surface area contributed by atoms with Crippen LogP contribution in [0.2, 0.25) is 0 Å². The molecule has 52 heavy (non-hydrogen) atoms. The molecular formula is C44H46F2N4O2. The summed E-state index contributed by atoms with van der Waals surface area (Å²) >= 11 is 0. The summed E-state index contributed by atoms with van der Waals surface area (Å²) < 4.78 is 33.2. The smallest absolute Gasteiger partial charge is 0.132 e. The lowest BCUT2D eigenvalue weighted by molar-refractivity contribution is -0.118. The molecule has 0 bridgehead atoms. The molecule has 6 nitrogen and oxygen atoms in total. The number of nitrogens with zero attached hydrogens (tertiary/aromatic N) is 2. The van der Waals surface area contributed by atoms with Crippen molar-refractivity contribution >= 4 is 16.6 Å². The first-order valence-electron chi connectivity index (χ1n) is 17.9. The molecule has 4 N–H and O–H groups in total. The van der Waals surface area contributed by atoms with Gasteiger partial charge in [-0.2, -0.15) is 0 Å². The second-order valence-corrected chi connectivity index (χ2v) is 14.1. The summed E-state index contributed by atoms with van der Waals surface area (Å²) in [6.07, 6.45) is 1.37. The van der Waals surface area contributed by atoms with E-state index in [1.54, 1.807) is 32.3 Å². The summed E-state index contributed by atoms with van der Waals surface area (Å²) in [4.78, 5) is 2.09. The Bertz CT molecular complexity index is 2200. The van der Waals surface area contributed by atoms with Crippen molar-refractivity contribution in [2.45, 2.75) is 49.6 Å². The lowest BCUT2D eigenvalue weighted by atomic mass is 9.63. The van der Waals surface area contributed by atoms with Gasteiger partial charge >= 0.3 is 0 Å². The van der Waals surface area contributed by atoms with Crippen LogP contribution in [-0.2, 0) is 12.0 Å². The van der Waals surface area contributed by atoms with E-state index in [1.165, 1.54) is 24.3 Å². The van der Waals surface area contributed by atoms with E-state index >= 15 is 8.78 Å². The molecule has 0 radical (unpaired) electrons. The topological polar surface area (TPSA) is 72.7 Å². The van der Waals surface area contributed by atoms with E-state index < -0.39 is 34.9 Å². The molecule has 0 fully saturated rings. The van der Waals surface area contributed by atoms with Crippen molar-refractivity contribution < 1.29 is 19.0 Å². The molecular weight excluding hydrogens is 655 g/mol. The minimum absolute atomic E-state index is 0.0602. The Balaban J connectivity index is 1.65. The number of hydrogen-bond acceptors (Lipinski definition) is 5. The highest BCUT2D eigenvalue weighted by Crippen LogP contribution is 2.55. The molecule has 268 valence electrons. The van der Waals surface area contributed by atoms with Crippen LogP contribution in [0.1, 0.15) is 35.2 Å². The van der Waals surface area contributed by atoms with Crippen LogP contribution in [0, 0.1) is 18.6 Å². The zero-order valence-corrected chi connectivity index (χ0v) is 30.0. The third-order valence-corrected chi connectivity index (χ3v) is 10.9. The second-order valence-electron chi connectivity index (χ2n) is 14.1. The maximum atomic E-state index is 15.7. The van der Waals surface area contributed by atoms with Gasteiger partial charge in [0.15, 0.2) is 0 Å². The quantitative estimate of drug-likeness (QED) is 0.107. The number of nitrogens with one attached hydrogen (secondary N) is 2. The summed E-state index contributed by atoms with van der Waals surface area (Å²) in [5.41, 5.74) is 2.93. The van der Waals surface area contributed by atoms with Crippen LogP contribution < -0.4 is 15.5 Å². The molecule has 5 aromatic carbocycles. The van der Waals surface area contributed by atoms with Crippen molar-refractivity contribution in [3.05, 3.63) is 161 Å². The van der Waals surface area contributed by atoms with Gasteiger partial charge in [-0.3, -0.25) is 0 Å². The van der Waals surface area contributed by atoms with Crippen LogP contribution in [0.15, 0.2) is 128 Å². The van der Waals surface area contributed by atoms with Crippen molar-refractivity contribution in [1.29, 1.82) is 0 Å². The van der Waals surface area contributed by atoms with Crippen molar-refractivity contribution in [3.63, 3.8) is 0 Å². The molecule has 1 aliphatic heterocycles. The Morgan fingerprint density at radius 1 is 0.808 bits per heavy atom. The van der Waals surface area contributed by atoms with Crippen molar-refractivity contribution in [2.75, 3.05) is 32.1 Å². The Kier molecular flexibility index (Phi) is 9.76. The SMILES string of the molecule is CNC[C@@H](O)[C@@](c1cccc(F)c1)(N1c2ccccc2CC1C)[C@@](O)(CNC)[C@H](c1cccc(F)c1)n1cc(-c2ccccc2C)c2ccccc21. The van der Waals surface area contributed by atoms with Gasteiger partial charge in [-0.1, -0.05) is 84.9 Å². The minimum Gasteiger partial charge on any atom is -0.389 e. The van der Waals surface area contributed by atoms with Crippen LogP contribution in [0.25, 0.3) is 22.0 Å². The summed E-state index contributed by atoms with van der Waals surface area (Å²) in [7, 11) is 3.50. The number of anilines is 1. The van der Waals surface area contributed by atoms with E-state index in [9.17, 15) is 10.2 Å². The van der Waals surface area contributed by atoms with Gasteiger partial charge < -0.3 is 30.3 Å². The summed E-state index contributed by atoms with van der Waals surface area (Å²) in [6, 6.07) is 35.4. The molecule has 6 aromatic rings. The maximum Gasteiger partial charge on any atom is 0.132 e. The Morgan fingerprint density at radius 3 is 2.23 bits per heavy atom. The highest BCUT2D eigenvalue weighted by molar-refractivity contribution is 5.97. The average molecular weight is 701 g/mol. The molecule has 2 heterocycles. The van der Waals surface area contributed by atoms with Gasteiger partial charge in [0.1, 0.15) is 22.8 Å². The molecule has 1 aliphatic rings. The molecule has 1 aromatic heterocycles. The predicted octanol–water partition coefficient (Wildman–Crippen LogP) is 7.36. The average Bonchev–Trinajstić information content (AvgIpc) is 3.67. The van der Waals surface area contributed by atoms with E-state index in [1.807, 2.05) is 65.4 Å². The summed E-state index contributed by atoms with van der Waals surface area (Å²) in [6.45, 7) is 4.13. The number of aliphatic hydroxyl groups excluding tert-OH is 1. The van der Waals surface area contributed by atoms with Crippen molar-refractivity contribution in [1.82, 2.24) is 15.2 Å². The summed E-state index contributed by atoms with van der Waals surface area (Å²) in [5, 5.41) is 34.7. The Morgan fingerprint density at radius 2 is 1.50 bits per heavy atom. The number of benzene rings is 5. The molecule has 7 rings (SSSR count). The highest BCUT2D eigenvalue weighted by Gasteiger charge is 2.65. The lowest BCUT2D eigenvalue weighted by Gasteiger charge is -2.59. The first-order valence-corrected chi connectivity index (χ1v) is 17.9. The van der Waals surface area contributed by atoms with Gasteiger partial charge in [0.25, 0.3) is 0 Å². The number of likely N-dealkylation sites (N-methyl/N-ethyl adjacent to an activating group) is 2. The van der Waals surface area contributed by atoms with Gasteiger partial charge in [-0.05, 0) is 98.6 Å². The summed E-state index contributed by atoms with van der Waals surface area (Å²) in [5.74, 6) is -0.960. The first-order chi connectivity index (χ1) is 25.1. The maximum absolute atomic E-state index is 15.7. The molecule has 5 atom stereocenters. The monoisotopic (exact) mass is 700 g/mol. The van der Waals surface area contributed by atoms with E-state index in [0.29, 0.717) is 17.5 Å². The number of para-hydroxylation sites is 2. The fourth-order valence-electron chi connectivity index (χ4n) is 8.97.